The summed E-state index contributed by atoms with van der Waals surface area (Å²) in [6, 6.07) is -0.705. The molecule has 0 radical (unpaired) electrons. The standard InChI is InChI=1S/C6H7N5O/c7-6(12)11-10-3-5-1-8-4-9-2-5/h1-4H,(H3,7,11,12). The van der Waals surface area contributed by atoms with Crippen molar-refractivity contribution in [1.82, 2.24) is 15.4 Å². The Kier molecular flexibility index (Phi) is 2.72. The number of hydrogen-bond donors (Lipinski definition) is 2. The summed E-state index contributed by atoms with van der Waals surface area (Å²) in [6.45, 7) is 0. The zero-order chi connectivity index (χ0) is 8.81. The molecule has 0 aliphatic heterocycles. The number of nitrogens with one attached hydrogen (secondary N) is 1. The van der Waals surface area contributed by atoms with E-state index in [4.69, 9.17) is 5.73 Å². The molecule has 0 aromatic carbocycles. The van der Waals surface area contributed by atoms with Crippen LogP contribution in [0.1, 0.15) is 5.56 Å². The maximum absolute atomic E-state index is 10.2. The number of hydrazone groups is 1. The SMILES string of the molecule is NC(=O)NN=Cc1cncnc1. The Morgan fingerprint density at radius 2 is 2.25 bits per heavy atom. The molecule has 0 aliphatic rings. The van der Waals surface area contributed by atoms with Gasteiger partial charge in [0.2, 0.25) is 0 Å². The highest BCUT2D eigenvalue weighted by Gasteiger charge is 1.86. The second-order valence-electron chi connectivity index (χ2n) is 1.91. The molecule has 0 saturated carbocycles. The Balaban J connectivity index is 2.52. The maximum Gasteiger partial charge on any atom is 0.332 e. The second kappa shape index (κ2) is 4.02. The quantitative estimate of drug-likeness (QED) is 0.456. The minimum Gasteiger partial charge on any atom is -0.350 e. The molecule has 0 unspecified atom stereocenters. The molecule has 62 valence electrons. The van der Waals surface area contributed by atoms with Crippen LogP contribution in [0.2, 0.25) is 0 Å². The molecule has 3 N–H and O–H groups in total. The Morgan fingerprint density at radius 1 is 1.58 bits per heavy atom. The molecule has 6 nitrogen and oxygen atoms in total. The maximum atomic E-state index is 10.2. The van der Waals surface area contributed by atoms with Gasteiger partial charge in [0.05, 0.1) is 6.21 Å². The summed E-state index contributed by atoms with van der Waals surface area (Å²) in [4.78, 5) is 17.6. The first-order valence-corrected chi connectivity index (χ1v) is 3.12. The van der Waals surface area contributed by atoms with E-state index in [1.54, 1.807) is 12.4 Å². The van der Waals surface area contributed by atoms with Gasteiger partial charge in [-0.05, 0) is 0 Å². The third-order valence-electron chi connectivity index (χ3n) is 0.969. The first kappa shape index (κ1) is 8.12. The van der Waals surface area contributed by atoms with Gasteiger partial charge >= 0.3 is 6.03 Å². The van der Waals surface area contributed by atoms with Crippen LogP contribution < -0.4 is 11.2 Å². The number of primary amides is 1. The van der Waals surface area contributed by atoms with Crippen LogP contribution in [0.3, 0.4) is 0 Å². The van der Waals surface area contributed by atoms with Gasteiger partial charge in [-0.1, -0.05) is 0 Å². The molecule has 0 aliphatic carbocycles. The zero-order valence-corrected chi connectivity index (χ0v) is 6.14. The van der Waals surface area contributed by atoms with Crippen molar-refractivity contribution in [1.29, 1.82) is 0 Å². The van der Waals surface area contributed by atoms with Crippen LogP contribution in [0.5, 0.6) is 0 Å². The van der Waals surface area contributed by atoms with Crippen molar-refractivity contribution in [2.24, 2.45) is 10.8 Å². The van der Waals surface area contributed by atoms with Crippen molar-refractivity contribution in [3.8, 4) is 0 Å². The second-order valence-corrected chi connectivity index (χ2v) is 1.91. The number of carbonyl (C=O) groups excluding carboxylic acids is 1. The van der Waals surface area contributed by atoms with Crippen molar-refractivity contribution in [3.63, 3.8) is 0 Å². The highest BCUT2D eigenvalue weighted by molar-refractivity contribution is 5.80. The lowest BCUT2D eigenvalue weighted by molar-refractivity contribution is 0.249. The number of nitrogens with two attached hydrogens (primary N) is 1. The summed E-state index contributed by atoms with van der Waals surface area (Å²) in [5.41, 5.74) is 7.49. The van der Waals surface area contributed by atoms with Gasteiger partial charge in [0.25, 0.3) is 0 Å². The van der Waals surface area contributed by atoms with Crippen LogP contribution in [-0.4, -0.2) is 22.2 Å². The average Bonchev–Trinajstić information content (AvgIpc) is 2.05. The average molecular weight is 165 g/mol. The van der Waals surface area contributed by atoms with Gasteiger partial charge in [-0.15, -0.1) is 0 Å². The summed E-state index contributed by atoms with van der Waals surface area (Å²) >= 11 is 0. The summed E-state index contributed by atoms with van der Waals surface area (Å²) < 4.78 is 0. The Labute approximate surface area is 68.5 Å². The van der Waals surface area contributed by atoms with Crippen molar-refractivity contribution in [3.05, 3.63) is 24.3 Å². The molecule has 2 amide bonds. The monoisotopic (exact) mass is 165 g/mol. The molecule has 1 aromatic heterocycles. The first-order chi connectivity index (χ1) is 5.79. The van der Waals surface area contributed by atoms with Crippen LogP contribution in [0.15, 0.2) is 23.8 Å². The highest BCUT2D eigenvalue weighted by atomic mass is 16.2. The molecule has 0 saturated heterocycles. The van der Waals surface area contributed by atoms with Gasteiger partial charge in [-0.25, -0.2) is 20.2 Å². The number of rotatable bonds is 2. The number of carbonyl (C=O) groups is 1. The van der Waals surface area contributed by atoms with Crippen LogP contribution in [0, 0.1) is 0 Å². The first-order valence-electron chi connectivity index (χ1n) is 3.12. The summed E-state index contributed by atoms with van der Waals surface area (Å²) in [5.74, 6) is 0. The summed E-state index contributed by atoms with van der Waals surface area (Å²) in [6.07, 6.45) is 5.90. The molecule has 1 rings (SSSR count). The fourth-order valence-corrected chi connectivity index (χ4v) is 0.548. The normalized spacial score (nSPS) is 10.0. The lowest BCUT2D eigenvalue weighted by Crippen LogP contribution is -2.24. The van der Waals surface area contributed by atoms with Gasteiger partial charge in [0.1, 0.15) is 6.33 Å². The van der Waals surface area contributed by atoms with Crippen LogP contribution >= 0.6 is 0 Å². The Morgan fingerprint density at radius 3 is 2.83 bits per heavy atom. The lowest BCUT2D eigenvalue weighted by atomic mass is 10.4. The van der Waals surface area contributed by atoms with E-state index < -0.39 is 6.03 Å². The predicted octanol–water partition coefficient (Wildman–Crippen LogP) is -0.521. The molecule has 1 heterocycles. The van der Waals surface area contributed by atoms with Gasteiger partial charge < -0.3 is 5.73 Å². The number of aromatic nitrogens is 2. The molecule has 6 heteroatoms. The van der Waals surface area contributed by atoms with Gasteiger partial charge in [0.15, 0.2) is 0 Å². The van der Waals surface area contributed by atoms with Crippen molar-refractivity contribution >= 4 is 12.2 Å². The third-order valence-corrected chi connectivity index (χ3v) is 0.969. The van der Waals surface area contributed by atoms with Crippen molar-refractivity contribution in [2.75, 3.05) is 0 Å². The van der Waals surface area contributed by atoms with Crippen LogP contribution in [0.4, 0.5) is 4.79 Å². The summed E-state index contributed by atoms with van der Waals surface area (Å²) in [5, 5.41) is 3.51. The number of amides is 2. The van der Waals surface area contributed by atoms with Gasteiger partial charge in [-0.2, -0.15) is 5.10 Å². The van der Waals surface area contributed by atoms with E-state index in [0.29, 0.717) is 5.56 Å². The third kappa shape index (κ3) is 2.74. The van der Waals surface area contributed by atoms with E-state index in [2.05, 4.69) is 15.1 Å². The lowest BCUT2D eigenvalue weighted by Gasteiger charge is -1.90. The fraction of sp³-hybridized carbons (Fsp3) is 0. The fourth-order valence-electron chi connectivity index (χ4n) is 0.548. The topological polar surface area (TPSA) is 93.3 Å². The molecule has 1 aromatic rings. The predicted molar refractivity (Wildman–Crippen MR) is 42.3 cm³/mol. The highest BCUT2D eigenvalue weighted by Crippen LogP contribution is 1.85. The van der Waals surface area contributed by atoms with E-state index in [1.807, 2.05) is 5.43 Å². The number of hydrogen-bond acceptors (Lipinski definition) is 4. The molecule has 0 fully saturated rings. The van der Waals surface area contributed by atoms with Gasteiger partial charge in [-0.3, -0.25) is 0 Å². The molecule has 12 heavy (non-hydrogen) atoms. The Hall–Kier alpha value is -1.98. The van der Waals surface area contributed by atoms with E-state index >= 15 is 0 Å². The molecule has 0 atom stereocenters. The van der Waals surface area contributed by atoms with Crippen LogP contribution in [-0.2, 0) is 0 Å². The molecule has 0 bridgehead atoms. The van der Waals surface area contributed by atoms with Crippen LogP contribution in [0.25, 0.3) is 0 Å². The number of urea groups is 1. The van der Waals surface area contributed by atoms with Crippen molar-refractivity contribution < 1.29 is 4.79 Å². The van der Waals surface area contributed by atoms with Crippen molar-refractivity contribution in [2.45, 2.75) is 0 Å². The zero-order valence-electron chi connectivity index (χ0n) is 6.14. The number of nitrogens with zero attached hydrogens (tertiary/aromatic N) is 3. The smallest absolute Gasteiger partial charge is 0.332 e. The van der Waals surface area contributed by atoms with E-state index in [0.717, 1.165) is 0 Å². The molecular weight excluding hydrogens is 158 g/mol. The van der Waals surface area contributed by atoms with E-state index in [-0.39, 0.29) is 0 Å². The van der Waals surface area contributed by atoms with E-state index in [9.17, 15) is 4.79 Å². The summed E-state index contributed by atoms with van der Waals surface area (Å²) in [7, 11) is 0. The minimum atomic E-state index is -0.705. The molecular formula is C6H7N5O. The Bertz CT molecular complexity index is 283. The van der Waals surface area contributed by atoms with E-state index in [1.165, 1.54) is 12.5 Å². The molecule has 0 spiro atoms. The van der Waals surface area contributed by atoms with Gasteiger partial charge in [0, 0.05) is 18.0 Å². The minimum absolute atomic E-state index is 0.686. The largest absolute Gasteiger partial charge is 0.350 e.